The van der Waals surface area contributed by atoms with Gasteiger partial charge >= 0.3 is 0 Å². The molecule has 2 aromatic carbocycles. The lowest BCUT2D eigenvalue weighted by Crippen LogP contribution is -2.30. The number of sulfonamides is 1. The normalized spacial score (nSPS) is 11.7. The summed E-state index contributed by atoms with van der Waals surface area (Å²) in [6.45, 7) is 1.98. The number of ether oxygens (including phenoxy) is 1. The summed E-state index contributed by atoms with van der Waals surface area (Å²) in [7, 11) is -2.11. The maximum atomic E-state index is 12.8. The fraction of sp³-hybridized carbons (Fsp3) is 0.222. The van der Waals surface area contributed by atoms with Gasteiger partial charge in [-0.25, -0.2) is 8.42 Å². The van der Waals surface area contributed by atoms with Gasteiger partial charge in [0.25, 0.3) is 0 Å². The minimum Gasteiger partial charge on any atom is -0.497 e. The molecule has 0 unspecified atom stereocenters. The van der Waals surface area contributed by atoms with E-state index in [2.05, 4.69) is 10.1 Å². The van der Waals surface area contributed by atoms with E-state index in [-0.39, 0.29) is 23.9 Å². The van der Waals surface area contributed by atoms with Crippen molar-refractivity contribution in [2.45, 2.75) is 18.4 Å². The number of benzene rings is 2. The van der Waals surface area contributed by atoms with Crippen molar-refractivity contribution >= 4 is 21.6 Å². The van der Waals surface area contributed by atoms with Crippen molar-refractivity contribution in [3.8, 4) is 17.1 Å². The number of rotatable bonds is 7. The van der Waals surface area contributed by atoms with Gasteiger partial charge in [-0.2, -0.15) is 9.29 Å². The number of hydrogen-bond acceptors (Lipinski definition) is 6. The third kappa shape index (κ3) is 4.29. The molecule has 0 radical (unpaired) electrons. The van der Waals surface area contributed by atoms with Gasteiger partial charge in [-0.15, -0.1) is 0 Å². The molecule has 0 amide bonds. The Labute approximate surface area is 162 Å². The topological polar surface area (TPSA) is 85.5 Å². The fourth-order valence-corrected chi connectivity index (χ4v) is 3.97. The molecule has 0 saturated heterocycles. The Bertz CT molecular complexity index is 1000. The van der Waals surface area contributed by atoms with Crippen LogP contribution in [0, 0.1) is 0 Å². The molecule has 0 N–H and O–H groups in total. The molecule has 1 aromatic heterocycles. The Morgan fingerprint density at radius 2 is 1.78 bits per heavy atom. The highest BCUT2D eigenvalue weighted by Crippen LogP contribution is 2.22. The molecule has 0 fully saturated rings. The van der Waals surface area contributed by atoms with Crippen LogP contribution in [0.25, 0.3) is 11.4 Å². The van der Waals surface area contributed by atoms with Gasteiger partial charge in [-0.1, -0.05) is 23.7 Å². The number of hydrogen-bond donors (Lipinski definition) is 0. The van der Waals surface area contributed by atoms with E-state index in [0.717, 1.165) is 5.56 Å². The highest BCUT2D eigenvalue weighted by molar-refractivity contribution is 7.89. The summed E-state index contributed by atoms with van der Waals surface area (Å²) in [6, 6.07) is 13.2. The number of aromatic nitrogens is 2. The largest absolute Gasteiger partial charge is 0.497 e. The van der Waals surface area contributed by atoms with Crippen LogP contribution in [0.4, 0.5) is 0 Å². The van der Waals surface area contributed by atoms with Crippen molar-refractivity contribution in [3.05, 3.63) is 59.4 Å². The summed E-state index contributed by atoms with van der Waals surface area (Å²) in [6.07, 6.45) is 0. The van der Waals surface area contributed by atoms with Gasteiger partial charge in [0.1, 0.15) is 5.75 Å². The standard InChI is InChI=1S/C18H18ClN3O4S/c1-3-22(27(23,24)16-10-6-14(19)7-11-16)12-17-20-18(21-26-17)13-4-8-15(25-2)9-5-13/h4-11H,3,12H2,1-2H3. The molecule has 0 spiro atoms. The zero-order valence-corrected chi connectivity index (χ0v) is 16.4. The summed E-state index contributed by atoms with van der Waals surface area (Å²) in [4.78, 5) is 4.46. The average Bonchev–Trinajstić information content (AvgIpc) is 3.15. The smallest absolute Gasteiger partial charge is 0.243 e. The first-order valence-electron chi connectivity index (χ1n) is 8.16. The summed E-state index contributed by atoms with van der Waals surface area (Å²) in [5, 5.41) is 4.40. The zero-order chi connectivity index (χ0) is 19.4. The molecule has 27 heavy (non-hydrogen) atoms. The highest BCUT2D eigenvalue weighted by Gasteiger charge is 2.25. The summed E-state index contributed by atoms with van der Waals surface area (Å²) in [5.41, 5.74) is 0.745. The zero-order valence-electron chi connectivity index (χ0n) is 14.8. The van der Waals surface area contributed by atoms with Gasteiger partial charge in [0, 0.05) is 17.1 Å². The van der Waals surface area contributed by atoms with Crippen molar-refractivity contribution in [1.82, 2.24) is 14.4 Å². The molecule has 3 rings (SSSR count). The monoisotopic (exact) mass is 407 g/mol. The predicted molar refractivity (Wildman–Crippen MR) is 101 cm³/mol. The Morgan fingerprint density at radius 3 is 2.37 bits per heavy atom. The van der Waals surface area contributed by atoms with Gasteiger partial charge in [0.15, 0.2) is 0 Å². The average molecular weight is 408 g/mol. The van der Waals surface area contributed by atoms with E-state index in [4.69, 9.17) is 20.9 Å². The van der Waals surface area contributed by atoms with Crippen molar-refractivity contribution < 1.29 is 17.7 Å². The Kier molecular flexibility index (Phi) is 5.79. The molecule has 0 aliphatic carbocycles. The summed E-state index contributed by atoms with van der Waals surface area (Å²) in [5.74, 6) is 1.31. The molecule has 3 aromatic rings. The molecule has 0 aliphatic rings. The second-order valence-electron chi connectivity index (χ2n) is 5.63. The van der Waals surface area contributed by atoms with Crippen LogP contribution in [0.1, 0.15) is 12.8 Å². The maximum absolute atomic E-state index is 12.8. The van der Waals surface area contributed by atoms with Crippen LogP contribution in [-0.4, -0.2) is 36.5 Å². The number of nitrogens with zero attached hydrogens (tertiary/aromatic N) is 3. The maximum Gasteiger partial charge on any atom is 0.243 e. The SMILES string of the molecule is CCN(Cc1nc(-c2ccc(OC)cc2)no1)S(=O)(=O)c1ccc(Cl)cc1. The Balaban J connectivity index is 1.80. The van der Waals surface area contributed by atoms with Gasteiger partial charge in [0.2, 0.25) is 21.7 Å². The first kappa shape index (κ1) is 19.3. The third-order valence-electron chi connectivity index (χ3n) is 3.93. The van der Waals surface area contributed by atoms with Crippen LogP contribution >= 0.6 is 11.6 Å². The molecular formula is C18H18ClN3O4S. The summed E-state index contributed by atoms with van der Waals surface area (Å²) < 4.78 is 37.2. The van der Waals surface area contributed by atoms with E-state index in [0.29, 0.717) is 16.6 Å². The van der Waals surface area contributed by atoms with Crippen LogP contribution < -0.4 is 4.74 Å². The molecule has 0 aliphatic heterocycles. The van der Waals surface area contributed by atoms with Crippen LogP contribution in [0.15, 0.2) is 57.9 Å². The van der Waals surface area contributed by atoms with Crippen molar-refractivity contribution in [3.63, 3.8) is 0 Å². The second kappa shape index (κ2) is 8.08. The molecule has 142 valence electrons. The first-order chi connectivity index (χ1) is 12.9. The quantitative estimate of drug-likeness (QED) is 0.594. The first-order valence-corrected chi connectivity index (χ1v) is 9.98. The number of methoxy groups -OCH3 is 1. The molecule has 0 saturated carbocycles. The van der Waals surface area contributed by atoms with E-state index in [1.807, 2.05) is 0 Å². The van der Waals surface area contributed by atoms with Gasteiger partial charge in [-0.05, 0) is 48.5 Å². The molecule has 0 bridgehead atoms. The van der Waals surface area contributed by atoms with Gasteiger partial charge in [-0.3, -0.25) is 0 Å². The van der Waals surface area contributed by atoms with E-state index < -0.39 is 10.0 Å². The van der Waals surface area contributed by atoms with Crippen molar-refractivity contribution in [1.29, 1.82) is 0 Å². The summed E-state index contributed by atoms with van der Waals surface area (Å²) >= 11 is 5.84. The molecular weight excluding hydrogens is 390 g/mol. The van der Waals surface area contributed by atoms with E-state index in [9.17, 15) is 8.42 Å². The minimum absolute atomic E-state index is 0.0232. The molecule has 1 heterocycles. The van der Waals surface area contributed by atoms with E-state index in [1.54, 1.807) is 38.3 Å². The van der Waals surface area contributed by atoms with E-state index >= 15 is 0 Å². The Morgan fingerprint density at radius 1 is 1.11 bits per heavy atom. The van der Waals surface area contributed by atoms with Gasteiger partial charge in [0.05, 0.1) is 18.6 Å². The fourth-order valence-electron chi connectivity index (χ4n) is 2.45. The van der Waals surface area contributed by atoms with Gasteiger partial charge < -0.3 is 9.26 Å². The Hall–Kier alpha value is -2.42. The van der Waals surface area contributed by atoms with Crippen molar-refractivity contribution in [2.75, 3.05) is 13.7 Å². The lowest BCUT2D eigenvalue weighted by molar-refractivity contribution is 0.321. The lowest BCUT2D eigenvalue weighted by atomic mass is 10.2. The van der Waals surface area contributed by atoms with Crippen LogP contribution in [-0.2, 0) is 16.6 Å². The lowest BCUT2D eigenvalue weighted by Gasteiger charge is -2.18. The highest BCUT2D eigenvalue weighted by atomic mass is 35.5. The molecule has 0 atom stereocenters. The van der Waals surface area contributed by atoms with Crippen LogP contribution in [0.2, 0.25) is 5.02 Å². The molecule has 9 heteroatoms. The van der Waals surface area contributed by atoms with Crippen LogP contribution in [0.5, 0.6) is 5.75 Å². The molecule has 7 nitrogen and oxygen atoms in total. The predicted octanol–water partition coefficient (Wildman–Crippen LogP) is 3.61. The second-order valence-corrected chi connectivity index (χ2v) is 8.00. The van der Waals surface area contributed by atoms with Crippen LogP contribution in [0.3, 0.4) is 0 Å². The van der Waals surface area contributed by atoms with Crippen molar-refractivity contribution in [2.24, 2.45) is 0 Å². The third-order valence-corrected chi connectivity index (χ3v) is 6.12. The minimum atomic E-state index is -3.70. The van der Waals surface area contributed by atoms with E-state index in [1.165, 1.54) is 28.6 Å². The number of halogens is 1.